The van der Waals surface area contributed by atoms with E-state index in [9.17, 15) is 42.6 Å². The van der Waals surface area contributed by atoms with E-state index in [1.165, 1.54) is 45.0 Å². The molecule has 43 heavy (non-hydrogen) atoms. The number of aliphatic hydroxyl groups excluding tert-OH is 1. The van der Waals surface area contributed by atoms with Crippen LogP contribution in [0.3, 0.4) is 0 Å². The number of benzene rings is 1. The van der Waals surface area contributed by atoms with Crippen LogP contribution in [0.1, 0.15) is 62.2 Å². The van der Waals surface area contributed by atoms with Crippen molar-refractivity contribution >= 4 is 23.7 Å². The number of carbonyl (C=O) groups is 4. The Bertz CT molecular complexity index is 1340. The molecule has 0 spiro atoms. The van der Waals surface area contributed by atoms with E-state index in [4.69, 9.17) is 10.5 Å². The maximum absolute atomic E-state index is 14.2. The number of phenols is 1. The van der Waals surface area contributed by atoms with Crippen molar-refractivity contribution in [1.82, 2.24) is 15.6 Å². The van der Waals surface area contributed by atoms with Gasteiger partial charge in [0.05, 0.1) is 23.6 Å². The van der Waals surface area contributed by atoms with Gasteiger partial charge >= 0.3 is 5.97 Å². The van der Waals surface area contributed by atoms with Crippen molar-refractivity contribution in [2.75, 3.05) is 0 Å². The van der Waals surface area contributed by atoms with Gasteiger partial charge in [-0.05, 0) is 58.1 Å². The number of nitrogens with zero attached hydrogens (tertiary/aromatic N) is 1. The molecular weight excluding hydrogens is 573 g/mol. The summed E-state index contributed by atoms with van der Waals surface area (Å²) < 4.78 is 46.5. The third-order valence-corrected chi connectivity index (χ3v) is 6.83. The normalized spacial score (nSPS) is 14.7. The van der Waals surface area contributed by atoms with Crippen molar-refractivity contribution in [3.63, 3.8) is 0 Å². The van der Waals surface area contributed by atoms with Gasteiger partial charge in [-0.1, -0.05) is 26.0 Å². The first-order valence-electron chi connectivity index (χ1n) is 13.6. The van der Waals surface area contributed by atoms with Crippen LogP contribution in [-0.2, 0) is 25.5 Å². The molecule has 5 atom stereocenters. The number of hydrogen-bond acceptors (Lipinski definition) is 8. The molecule has 1 aromatic carbocycles. The van der Waals surface area contributed by atoms with E-state index >= 15 is 0 Å². The fraction of sp³-hybridized carbons (Fsp3) is 0.483. The smallest absolute Gasteiger partial charge is 0.312 e. The molecule has 14 heteroatoms. The highest BCUT2D eigenvalue weighted by Crippen LogP contribution is 2.22. The Morgan fingerprint density at radius 3 is 2.23 bits per heavy atom. The molecule has 5 unspecified atom stereocenters. The van der Waals surface area contributed by atoms with Crippen LogP contribution in [0.2, 0.25) is 0 Å². The SMILES string of the molecule is Cc1nc(F)c(F)c(F)c1CCC(O)C(C)C(=O)OC(CC(C)C)C(=O)NC(C)C(NC(=O)c1ccccc1O)C(N)=O. The number of aryl methyl sites for hydroxylation is 1. The van der Waals surface area contributed by atoms with E-state index in [1.54, 1.807) is 13.8 Å². The minimum atomic E-state index is -1.74. The highest BCUT2D eigenvalue weighted by molar-refractivity contribution is 5.99. The molecule has 6 N–H and O–H groups in total. The third-order valence-electron chi connectivity index (χ3n) is 6.83. The highest BCUT2D eigenvalue weighted by atomic mass is 19.2. The number of aromatic hydroxyl groups is 1. The van der Waals surface area contributed by atoms with Gasteiger partial charge in [0.25, 0.3) is 17.8 Å². The standard InChI is InChI=1S/C29H37F3N4O7/c1-13(2)12-21(28(41)35-16(5)24(26(33)39)36-27(40)18-8-6-7-9-20(18)38)43-29(42)14(3)19(37)11-10-17-15(4)34-25(32)23(31)22(17)30/h6-9,13-14,16,19,21,24,37-38H,10-12H2,1-5H3,(H2,33,39)(H,35,41)(H,36,40). The van der Waals surface area contributed by atoms with Gasteiger partial charge in [0.2, 0.25) is 11.7 Å². The molecular formula is C29H37F3N4O7. The largest absolute Gasteiger partial charge is 0.507 e. The molecule has 3 amide bonds. The molecule has 1 heterocycles. The Labute approximate surface area is 247 Å². The van der Waals surface area contributed by atoms with E-state index in [2.05, 4.69) is 15.6 Å². The molecule has 0 saturated carbocycles. The Morgan fingerprint density at radius 1 is 1.02 bits per heavy atom. The average molecular weight is 611 g/mol. The second kappa shape index (κ2) is 15.3. The number of rotatable bonds is 14. The average Bonchev–Trinajstić information content (AvgIpc) is 2.93. The van der Waals surface area contributed by atoms with Crippen LogP contribution in [-0.4, -0.2) is 63.2 Å². The first kappa shape index (κ1) is 35.0. The van der Waals surface area contributed by atoms with E-state index < -0.39 is 71.5 Å². The zero-order valence-electron chi connectivity index (χ0n) is 24.5. The topological polar surface area (TPSA) is 181 Å². The number of ether oxygens (including phenoxy) is 1. The number of halogens is 3. The van der Waals surface area contributed by atoms with Crippen LogP contribution < -0.4 is 16.4 Å². The lowest BCUT2D eigenvalue weighted by Gasteiger charge is -2.27. The summed E-state index contributed by atoms with van der Waals surface area (Å²) in [5.41, 5.74) is 4.97. The Morgan fingerprint density at radius 2 is 1.65 bits per heavy atom. The van der Waals surface area contributed by atoms with Crippen LogP contribution in [0.5, 0.6) is 5.75 Å². The summed E-state index contributed by atoms with van der Waals surface area (Å²) in [5, 5.41) is 25.3. The Balaban J connectivity index is 2.08. The summed E-state index contributed by atoms with van der Waals surface area (Å²) in [6.45, 7) is 7.53. The van der Waals surface area contributed by atoms with Crippen molar-refractivity contribution in [2.45, 2.75) is 78.2 Å². The zero-order valence-corrected chi connectivity index (χ0v) is 24.5. The number of carbonyl (C=O) groups excluding carboxylic acids is 4. The van der Waals surface area contributed by atoms with Gasteiger partial charge in [-0.2, -0.15) is 8.78 Å². The molecule has 0 aliphatic rings. The molecule has 0 saturated heterocycles. The van der Waals surface area contributed by atoms with Gasteiger partial charge in [0, 0.05) is 11.3 Å². The van der Waals surface area contributed by atoms with Crippen molar-refractivity contribution < 1.29 is 47.3 Å². The number of esters is 1. The van der Waals surface area contributed by atoms with Crippen LogP contribution in [0.4, 0.5) is 13.2 Å². The number of aromatic nitrogens is 1. The minimum Gasteiger partial charge on any atom is -0.507 e. The monoisotopic (exact) mass is 610 g/mol. The summed E-state index contributed by atoms with van der Waals surface area (Å²) in [6, 6.07) is 3.14. The van der Waals surface area contributed by atoms with E-state index in [0.717, 1.165) is 0 Å². The van der Waals surface area contributed by atoms with Gasteiger partial charge < -0.3 is 31.3 Å². The molecule has 0 aliphatic heterocycles. The van der Waals surface area contributed by atoms with Gasteiger partial charge in [-0.3, -0.25) is 19.2 Å². The molecule has 1 aromatic heterocycles. The van der Waals surface area contributed by atoms with Gasteiger partial charge in [-0.25, -0.2) is 9.37 Å². The number of phenolic OH excluding ortho intramolecular Hbond substituents is 1. The maximum Gasteiger partial charge on any atom is 0.312 e. The zero-order chi connectivity index (χ0) is 32.6. The molecule has 2 aromatic rings. The predicted octanol–water partition coefficient (Wildman–Crippen LogP) is 2.19. The quantitative estimate of drug-likeness (QED) is 0.159. The van der Waals surface area contributed by atoms with Gasteiger partial charge in [0.1, 0.15) is 11.8 Å². The molecule has 0 radical (unpaired) electrons. The fourth-order valence-corrected chi connectivity index (χ4v) is 4.25. The molecule has 2 rings (SSSR count). The summed E-state index contributed by atoms with van der Waals surface area (Å²) in [6.07, 6.45) is -3.18. The number of primary amides is 1. The lowest BCUT2D eigenvalue weighted by atomic mass is 9.96. The Kier molecular flexibility index (Phi) is 12.5. The molecule has 11 nitrogen and oxygen atoms in total. The second-order valence-electron chi connectivity index (χ2n) is 10.7. The highest BCUT2D eigenvalue weighted by Gasteiger charge is 2.33. The maximum atomic E-state index is 14.2. The number of hydrogen-bond donors (Lipinski definition) is 5. The number of nitrogens with two attached hydrogens (primary N) is 1. The van der Waals surface area contributed by atoms with E-state index in [0.29, 0.717) is 0 Å². The fourth-order valence-electron chi connectivity index (χ4n) is 4.25. The summed E-state index contributed by atoms with van der Waals surface area (Å²) in [5.74, 6) is -9.97. The van der Waals surface area contributed by atoms with Crippen molar-refractivity contribution in [1.29, 1.82) is 0 Å². The van der Waals surface area contributed by atoms with Crippen LogP contribution in [0.25, 0.3) is 0 Å². The number of amides is 3. The number of pyridine rings is 1. The minimum absolute atomic E-state index is 0.0591. The predicted molar refractivity (Wildman–Crippen MR) is 148 cm³/mol. The van der Waals surface area contributed by atoms with Gasteiger partial charge in [-0.15, -0.1) is 0 Å². The second-order valence-corrected chi connectivity index (χ2v) is 10.7. The summed E-state index contributed by atoms with van der Waals surface area (Å²) >= 11 is 0. The van der Waals surface area contributed by atoms with Gasteiger partial charge in [0.15, 0.2) is 11.9 Å². The third kappa shape index (κ3) is 9.40. The first-order valence-corrected chi connectivity index (χ1v) is 13.6. The molecule has 236 valence electrons. The molecule has 0 aliphatic carbocycles. The summed E-state index contributed by atoms with van der Waals surface area (Å²) in [7, 11) is 0. The Hall–Kier alpha value is -4.20. The van der Waals surface area contributed by atoms with Crippen LogP contribution >= 0.6 is 0 Å². The number of para-hydroxylation sites is 1. The van der Waals surface area contributed by atoms with E-state index in [-0.39, 0.29) is 47.8 Å². The number of aliphatic hydroxyl groups is 1. The van der Waals surface area contributed by atoms with E-state index in [1.807, 2.05) is 0 Å². The van der Waals surface area contributed by atoms with Crippen molar-refractivity contribution in [3.8, 4) is 5.75 Å². The van der Waals surface area contributed by atoms with Crippen molar-refractivity contribution in [3.05, 3.63) is 58.7 Å². The molecule has 0 fully saturated rings. The number of nitrogens with one attached hydrogen (secondary N) is 2. The molecule has 0 bridgehead atoms. The first-order chi connectivity index (χ1) is 20.0. The van der Waals surface area contributed by atoms with Crippen LogP contribution in [0.15, 0.2) is 24.3 Å². The van der Waals surface area contributed by atoms with Crippen LogP contribution in [0, 0.1) is 36.3 Å². The van der Waals surface area contributed by atoms with Crippen molar-refractivity contribution in [2.24, 2.45) is 17.6 Å². The lowest BCUT2D eigenvalue weighted by Crippen LogP contribution is -2.58. The lowest BCUT2D eigenvalue weighted by molar-refractivity contribution is -0.163. The summed E-state index contributed by atoms with van der Waals surface area (Å²) in [4.78, 5) is 54.0.